The lowest BCUT2D eigenvalue weighted by Crippen LogP contribution is -2.19. The van der Waals surface area contributed by atoms with Crippen LogP contribution in [0.25, 0.3) is 0 Å². The van der Waals surface area contributed by atoms with Crippen molar-refractivity contribution < 1.29 is 4.42 Å². The molecule has 0 aromatic carbocycles. The number of aryl methyl sites for hydroxylation is 1. The largest absolute Gasteiger partial charge is 0.463 e. The minimum absolute atomic E-state index is 0.504. The Labute approximate surface area is 104 Å². The average molecular weight is 236 g/mol. The predicted molar refractivity (Wildman–Crippen MR) is 69.6 cm³/mol. The monoisotopic (exact) mass is 236 g/mol. The molecule has 96 valence electrons. The fourth-order valence-electron chi connectivity index (χ4n) is 2.79. The summed E-state index contributed by atoms with van der Waals surface area (Å²) in [6, 6.07) is 2.13. The summed E-state index contributed by atoms with van der Waals surface area (Å²) in [4.78, 5) is 2.50. The minimum atomic E-state index is 0.504. The first-order chi connectivity index (χ1) is 8.22. The van der Waals surface area contributed by atoms with E-state index in [1.54, 1.807) is 0 Å². The molecular formula is C14H24N2O. The molecule has 2 heterocycles. The van der Waals surface area contributed by atoms with Gasteiger partial charge in [-0.3, -0.25) is 4.90 Å². The van der Waals surface area contributed by atoms with Crippen LogP contribution in [-0.4, -0.2) is 18.0 Å². The van der Waals surface area contributed by atoms with Gasteiger partial charge in [0.25, 0.3) is 0 Å². The smallest absolute Gasteiger partial charge is 0.120 e. The summed E-state index contributed by atoms with van der Waals surface area (Å²) in [7, 11) is 0. The van der Waals surface area contributed by atoms with Crippen molar-refractivity contribution in [2.45, 2.75) is 46.2 Å². The van der Waals surface area contributed by atoms with Gasteiger partial charge in [-0.1, -0.05) is 13.3 Å². The molecule has 2 N–H and O–H groups in total. The molecule has 1 fully saturated rings. The molecular weight excluding hydrogens is 212 g/mol. The summed E-state index contributed by atoms with van der Waals surface area (Å²) in [6.07, 6.45) is 4.01. The molecule has 17 heavy (non-hydrogen) atoms. The lowest BCUT2D eigenvalue weighted by Gasteiger charge is -2.13. The van der Waals surface area contributed by atoms with E-state index in [2.05, 4.69) is 24.8 Å². The second-order valence-electron chi connectivity index (χ2n) is 5.20. The van der Waals surface area contributed by atoms with E-state index in [4.69, 9.17) is 10.2 Å². The predicted octanol–water partition coefficient (Wildman–Crippen LogP) is 2.67. The van der Waals surface area contributed by atoms with E-state index in [0.29, 0.717) is 6.54 Å². The van der Waals surface area contributed by atoms with E-state index in [1.165, 1.54) is 37.9 Å². The summed E-state index contributed by atoms with van der Waals surface area (Å²) in [5.41, 5.74) is 6.81. The van der Waals surface area contributed by atoms with Crippen molar-refractivity contribution >= 4 is 0 Å². The van der Waals surface area contributed by atoms with E-state index in [1.807, 2.05) is 0 Å². The Morgan fingerprint density at radius 1 is 1.53 bits per heavy atom. The summed E-state index contributed by atoms with van der Waals surface area (Å²) in [6.45, 7) is 8.23. The molecule has 0 amide bonds. The van der Waals surface area contributed by atoms with Gasteiger partial charge >= 0.3 is 0 Å². The summed E-state index contributed by atoms with van der Waals surface area (Å²) >= 11 is 0. The molecule has 2 rings (SSSR count). The first-order valence-electron chi connectivity index (χ1n) is 6.73. The molecule has 0 radical (unpaired) electrons. The van der Waals surface area contributed by atoms with E-state index < -0.39 is 0 Å². The van der Waals surface area contributed by atoms with Crippen molar-refractivity contribution in [1.82, 2.24) is 4.90 Å². The van der Waals surface area contributed by atoms with Crippen molar-refractivity contribution in [3.63, 3.8) is 0 Å². The van der Waals surface area contributed by atoms with Crippen LogP contribution >= 0.6 is 0 Å². The maximum Gasteiger partial charge on any atom is 0.120 e. The van der Waals surface area contributed by atoms with Gasteiger partial charge in [-0.05, 0) is 43.9 Å². The highest BCUT2D eigenvalue weighted by Crippen LogP contribution is 2.23. The molecule has 1 aliphatic heterocycles. The second kappa shape index (κ2) is 5.69. The van der Waals surface area contributed by atoms with Crippen LogP contribution in [0, 0.1) is 12.8 Å². The second-order valence-corrected chi connectivity index (χ2v) is 5.20. The van der Waals surface area contributed by atoms with Crippen molar-refractivity contribution in [1.29, 1.82) is 0 Å². The Kier molecular flexibility index (Phi) is 4.24. The molecule has 0 aliphatic carbocycles. The van der Waals surface area contributed by atoms with Crippen molar-refractivity contribution in [2.24, 2.45) is 11.7 Å². The fraction of sp³-hybridized carbons (Fsp3) is 0.714. The zero-order valence-corrected chi connectivity index (χ0v) is 11.0. The zero-order chi connectivity index (χ0) is 12.3. The summed E-state index contributed by atoms with van der Waals surface area (Å²) in [5.74, 6) is 2.90. The highest BCUT2D eigenvalue weighted by atomic mass is 16.3. The molecule has 1 unspecified atom stereocenters. The van der Waals surface area contributed by atoms with Crippen molar-refractivity contribution in [3.05, 3.63) is 23.2 Å². The third kappa shape index (κ3) is 3.11. The van der Waals surface area contributed by atoms with Gasteiger partial charge in [-0.25, -0.2) is 0 Å². The molecule has 1 atom stereocenters. The molecule has 0 saturated carbocycles. The Balaban J connectivity index is 1.89. The number of furan rings is 1. The highest BCUT2D eigenvalue weighted by molar-refractivity contribution is 5.19. The van der Waals surface area contributed by atoms with E-state index in [0.717, 1.165) is 24.0 Å². The fourth-order valence-corrected chi connectivity index (χ4v) is 2.79. The number of nitrogens with zero attached hydrogens (tertiary/aromatic N) is 1. The molecule has 1 aliphatic rings. The number of likely N-dealkylation sites (tertiary alicyclic amines) is 1. The van der Waals surface area contributed by atoms with Crippen LogP contribution < -0.4 is 5.73 Å². The van der Waals surface area contributed by atoms with Crippen LogP contribution in [0.5, 0.6) is 0 Å². The maximum atomic E-state index is 5.75. The van der Waals surface area contributed by atoms with Crippen LogP contribution in [-0.2, 0) is 13.1 Å². The highest BCUT2D eigenvalue weighted by Gasteiger charge is 2.22. The van der Waals surface area contributed by atoms with Gasteiger partial charge in [0.2, 0.25) is 0 Å². The third-order valence-electron chi connectivity index (χ3n) is 3.70. The molecule has 1 aromatic rings. The van der Waals surface area contributed by atoms with Gasteiger partial charge in [-0.2, -0.15) is 0 Å². The standard InChI is InChI=1S/C14H24N2O/c1-3-4-12-5-6-16(9-12)10-13-7-11(2)14(8-15)17-13/h7,12H,3-6,8-10,15H2,1-2H3. The van der Waals surface area contributed by atoms with Crippen LogP contribution in [0.1, 0.15) is 43.3 Å². The number of hydrogen-bond donors (Lipinski definition) is 1. The van der Waals surface area contributed by atoms with Gasteiger partial charge < -0.3 is 10.2 Å². The van der Waals surface area contributed by atoms with Gasteiger partial charge in [0, 0.05) is 6.54 Å². The van der Waals surface area contributed by atoms with Crippen LogP contribution in [0.4, 0.5) is 0 Å². The van der Waals surface area contributed by atoms with Crippen molar-refractivity contribution in [2.75, 3.05) is 13.1 Å². The zero-order valence-electron chi connectivity index (χ0n) is 11.0. The first-order valence-corrected chi connectivity index (χ1v) is 6.73. The molecule has 1 saturated heterocycles. The summed E-state index contributed by atoms with van der Waals surface area (Å²) in [5, 5.41) is 0. The SMILES string of the molecule is CCCC1CCN(Cc2cc(C)c(CN)o2)C1. The lowest BCUT2D eigenvalue weighted by molar-refractivity contribution is 0.280. The van der Waals surface area contributed by atoms with Gasteiger partial charge in [0.05, 0.1) is 13.1 Å². The van der Waals surface area contributed by atoms with Gasteiger partial charge in [0.15, 0.2) is 0 Å². The molecule has 0 bridgehead atoms. The minimum Gasteiger partial charge on any atom is -0.463 e. The normalized spacial score (nSPS) is 21.2. The van der Waals surface area contributed by atoms with Crippen LogP contribution in [0.3, 0.4) is 0 Å². The molecule has 3 nitrogen and oxygen atoms in total. The third-order valence-corrected chi connectivity index (χ3v) is 3.70. The Morgan fingerprint density at radius 3 is 3.00 bits per heavy atom. The van der Waals surface area contributed by atoms with Gasteiger partial charge in [0.1, 0.15) is 11.5 Å². The van der Waals surface area contributed by atoms with E-state index >= 15 is 0 Å². The lowest BCUT2D eigenvalue weighted by atomic mass is 10.0. The molecule has 0 spiro atoms. The molecule has 1 aromatic heterocycles. The Hall–Kier alpha value is -0.800. The summed E-state index contributed by atoms with van der Waals surface area (Å²) < 4.78 is 5.75. The van der Waals surface area contributed by atoms with E-state index in [-0.39, 0.29) is 0 Å². The Bertz CT molecular complexity index is 359. The van der Waals surface area contributed by atoms with Gasteiger partial charge in [-0.15, -0.1) is 0 Å². The average Bonchev–Trinajstić information content (AvgIpc) is 2.87. The first kappa shape index (κ1) is 12.7. The van der Waals surface area contributed by atoms with E-state index in [9.17, 15) is 0 Å². The maximum absolute atomic E-state index is 5.75. The van der Waals surface area contributed by atoms with Crippen molar-refractivity contribution in [3.8, 4) is 0 Å². The number of nitrogens with two attached hydrogens (primary N) is 1. The number of hydrogen-bond acceptors (Lipinski definition) is 3. The Morgan fingerprint density at radius 2 is 2.35 bits per heavy atom. The topological polar surface area (TPSA) is 42.4 Å². The van der Waals surface area contributed by atoms with Crippen LogP contribution in [0.2, 0.25) is 0 Å². The number of rotatable bonds is 5. The molecule has 3 heteroatoms. The quantitative estimate of drug-likeness (QED) is 0.854. The van der Waals surface area contributed by atoms with Crippen LogP contribution in [0.15, 0.2) is 10.5 Å².